The number of thiazole rings is 1. The van der Waals surface area contributed by atoms with Gasteiger partial charge in [0.05, 0.1) is 5.69 Å². The molecule has 0 atom stereocenters. The number of benzene rings is 1. The van der Waals surface area contributed by atoms with E-state index >= 15 is 0 Å². The molecule has 0 fully saturated rings. The maximum Gasteiger partial charge on any atom is 0.318 e. The van der Waals surface area contributed by atoms with Gasteiger partial charge in [-0.05, 0) is 12.1 Å². The molecule has 104 valence electrons. The Bertz CT molecular complexity index is 638. The van der Waals surface area contributed by atoms with Gasteiger partial charge in [0.25, 0.3) is 0 Å². The Kier molecular flexibility index (Phi) is 4.16. The number of guanidine groups is 1. The van der Waals surface area contributed by atoms with Gasteiger partial charge >= 0.3 is 6.03 Å². The zero-order valence-corrected chi connectivity index (χ0v) is 11.5. The number of aromatic nitrogens is 1. The summed E-state index contributed by atoms with van der Waals surface area (Å²) >= 11 is 1.35. The lowest BCUT2D eigenvalue weighted by Gasteiger charge is -2.05. The fourth-order valence-corrected chi connectivity index (χ4v) is 2.26. The van der Waals surface area contributed by atoms with Gasteiger partial charge in [-0.3, -0.25) is 5.41 Å². The SMILES string of the molecule is CNC(=O)Nc1cccc(-c2csc(NC(=N)N)n2)c1. The highest BCUT2D eigenvalue weighted by Gasteiger charge is 2.06. The number of hydrogen-bond donors (Lipinski definition) is 5. The van der Waals surface area contributed by atoms with Crippen molar-refractivity contribution in [2.45, 2.75) is 0 Å². The molecule has 1 aromatic heterocycles. The summed E-state index contributed by atoms with van der Waals surface area (Å²) in [7, 11) is 1.55. The Morgan fingerprint density at radius 1 is 1.40 bits per heavy atom. The summed E-state index contributed by atoms with van der Waals surface area (Å²) in [6.45, 7) is 0. The fraction of sp³-hybridized carbons (Fsp3) is 0.0833. The molecule has 20 heavy (non-hydrogen) atoms. The number of carbonyl (C=O) groups excluding carboxylic acids is 1. The van der Waals surface area contributed by atoms with E-state index in [1.165, 1.54) is 11.3 Å². The Hall–Kier alpha value is -2.61. The number of carbonyl (C=O) groups is 1. The fourth-order valence-electron chi connectivity index (χ4n) is 1.53. The lowest BCUT2D eigenvalue weighted by molar-refractivity contribution is 0.254. The zero-order chi connectivity index (χ0) is 14.5. The van der Waals surface area contributed by atoms with Crippen molar-refractivity contribution < 1.29 is 4.79 Å². The van der Waals surface area contributed by atoms with Crippen LogP contribution in [0.1, 0.15) is 0 Å². The van der Waals surface area contributed by atoms with Crippen LogP contribution in [0, 0.1) is 5.41 Å². The summed E-state index contributed by atoms with van der Waals surface area (Å²) in [5.41, 5.74) is 7.54. The zero-order valence-electron chi connectivity index (χ0n) is 10.7. The topological polar surface area (TPSA) is 116 Å². The van der Waals surface area contributed by atoms with Gasteiger partial charge in [0.15, 0.2) is 11.1 Å². The molecule has 1 heterocycles. The summed E-state index contributed by atoms with van der Waals surface area (Å²) in [6, 6.07) is 7.06. The first-order chi connectivity index (χ1) is 9.58. The molecular weight excluding hydrogens is 276 g/mol. The second kappa shape index (κ2) is 6.02. The van der Waals surface area contributed by atoms with Crippen molar-refractivity contribution in [1.82, 2.24) is 10.3 Å². The molecule has 2 amide bonds. The van der Waals surface area contributed by atoms with Gasteiger partial charge in [-0.2, -0.15) is 0 Å². The van der Waals surface area contributed by atoms with Crippen LogP contribution >= 0.6 is 11.3 Å². The summed E-state index contributed by atoms with van der Waals surface area (Å²) < 4.78 is 0. The lowest BCUT2D eigenvalue weighted by Crippen LogP contribution is -2.24. The number of rotatable bonds is 3. The summed E-state index contributed by atoms with van der Waals surface area (Å²) in [6.07, 6.45) is 0. The molecule has 1 aromatic carbocycles. The van der Waals surface area contributed by atoms with Crippen LogP contribution in [0.5, 0.6) is 0 Å². The van der Waals surface area contributed by atoms with Gasteiger partial charge in [-0.15, -0.1) is 11.3 Å². The number of hydrogen-bond acceptors (Lipinski definition) is 4. The van der Waals surface area contributed by atoms with Gasteiger partial charge in [0.2, 0.25) is 0 Å². The van der Waals surface area contributed by atoms with Crippen molar-refractivity contribution in [2.24, 2.45) is 5.73 Å². The van der Waals surface area contributed by atoms with Gasteiger partial charge in [-0.25, -0.2) is 9.78 Å². The van der Waals surface area contributed by atoms with E-state index in [2.05, 4.69) is 20.9 Å². The molecule has 0 spiro atoms. The average molecular weight is 290 g/mol. The van der Waals surface area contributed by atoms with Gasteiger partial charge in [0.1, 0.15) is 0 Å². The highest BCUT2D eigenvalue weighted by Crippen LogP contribution is 2.26. The predicted molar refractivity (Wildman–Crippen MR) is 81.2 cm³/mol. The number of amides is 2. The van der Waals surface area contributed by atoms with Crippen molar-refractivity contribution in [3.05, 3.63) is 29.6 Å². The summed E-state index contributed by atoms with van der Waals surface area (Å²) in [5.74, 6) is -0.152. The smallest absolute Gasteiger partial charge is 0.318 e. The van der Waals surface area contributed by atoms with Gasteiger partial charge in [0, 0.05) is 23.7 Å². The van der Waals surface area contributed by atoms with Crippen LogP contribution in [0.4, 0.5) is 15.6 Å². The van der Waals surface area contributed by atoms with E-state index < -0.39 is 0 Å². The Labute approximate surface area is 119 Å². The molecule has 0 aliphatic rings. The van der Waals surface area contributed by atoms with E-state index in [4.69, 9.17) is 11.1 Å². The molecule has 7 nitrogen and oxygen atoms in total. The summed E-state index contributed by atoms with van der Waals surface area (Å²) in [4.78, 5) is 15.6. The molecule has 0 unspecified atom stereocenters. The summed E-state index contributed by atoms with van der Waals surface area (Å²) in [5, 5.41) is 17.4. The molecular formula is C12H14N6OS. The first-order valence-corrected chi connectivity index (χ1v) is 6.62. The standard InChI is InChI=1S/C12H14N6OS/c1-15-11(19)16-8-4-2-3-7(5-8)9-6-20-12(17-9)18-10(13)14/h2-6H,1H3,(H2,15,16,19)(H4,13,14,17,18). The highest BCUT2D eigenvalue weighted by atomic mass is 32.1. The number of urea groups is 1. The Morgan fingerprint density at radius 2 is 2.20 bits per heavy atom. The van der Waals surface area contributed by atoms with E-state index in [1.807, 2.05) is 23.6 Å². The second-order valence-corrected chi connectivity index (χ2v) is 4.72. The first kappa shape index (κ1) is 13.8. The van der Waals surface area contributed by atoms with Crippen LogP contribution in [0.2, 0.25) is 0 Å². The number of anilines is 2. The molecule has 8 heteroatoms. The second-order valence-electron chi connectivity index (χ2n) is 3.86. The number of nitrogens with zero attached hydrogens (tertiary/aromatic N) is 1. The molecule has 6 N–H and O–H groups in total. The van der Waals surface area contributed by atoms with E-state index in [9.17, 15) is 4.79 Å². The maximum absolute atomic E-state index is 11.3. The van der Waals surface area contributed by atoms with E-state index in [-0.39, 0.29) is 12.0 Å². The average Bonchev–Trinajstić information content (AvgIpc) is 2.86. The molecule has 2 rings (SSSR count). The van der Waals surface area contributed by atoms with Crippen molar-refractivity contribution in [3.8, 4) is 11.3 Å². The largest absolute Gasteiger partial charge is 0.370 e. The molecule has 0 saturated carbocycles. The number of nitrogens with one attached hydrogen (secondary N) is 4. The first-order valence-electron chi connectivity index (χ1n) is 5.74. The van der Waals surface area contributed by atoms with Crippen molar-refractivity contribution in [3.63, 3.8) is 0 Å². The predicted octanol–water partition coefficient (Wildman–Crippen LogP) is 1.87. The lowest BCUT2D eigenvalue weighted by atomic mass is 10.1. The third-order valence-electron chi connectivity index (χ3n) is 2.39. The number of nitrogens with two attached hydrogens (primary N) is 1. The van der Waals surface area contributed by atoms with Gasteiger partial charge in [-0.1, -0.05) is 12.1 Å². The van der Waals surface area contributed by atoms with Crippen molar-refractivity contribution in [2.75, 3.05) is 17.7 Å². The van der Waals surface area contributed by atoms with E-state index in [0.717, 1.165) is 11.3 Å². The monoisotopic (exact) mass is 290 g/mol. The third-order valence-corrected chi connectivity index (χ3v) is 3.15. The quantitative estimate of drug-likeness (QED) is 0.438. The molecule has 0 bridgehead atoms. The van der Waals surface area contributed by atoms with Crippen LogP contribution in [-0.2, 0) is 0 Å². The minimum absolute atomic E-state index is 0.152. The van der Waals surface area contributed by atoms with Crippen LogP contribution in [0.3, 0.4) is 0 Å². The van der Waals surface area contributed by atoms with Crippen molar-refractivity contribution >= 4 is 34.1 Å². The van der Waals surface area contributed by atoms with Crippen LogP contribution in [0.15, 0.2) is 29.6 Å². The maximum atomic E-state index is 11.3. The highest BCUT2D eigenvalue weighted by molar-refractivity contribution is 7.14. The van der Waals surface area contributed by atoms with E-state index in [0.29, 0.717) is 10.8 Å². The molecule has 0 aliphatic carbocycles. The molecule has 0 aliphatic heterocycles. The Balaban J connectivity index is 2.20. The van der Waals surface area contributed by atoms with Crippen molar-refractivity contribution in [1.29, 1.82) is 5.41 Å². The minimum atomic E-state index is -0.278. The molecule has 0 saturated heterocycles. The molecule has 2 aromatic rings. The van der Waals surface area contributed by atoms with Gasteiger partial charge < -0.3 is 21.7 Å². The van der Waals surface area contributed by atoms with Crippen LogP contribution in [-0.4, -0.2) is 24.0 Å². The minimum Gasteiger partial charge on any atom is -0.370 e. The molecule has 0 radical (unpaired) electrons. The third kappa shape index (κ3) is 3.45. The van der Waals surface area contributed by atoms with Crippen LogP contribution < -0.4 is 21.7 Å². The Morgan fingerprint density at radius 3 is 2.90 bits per heavy atom. The normalized spacial score (nSPS) is 9.85. The van der Waals surface area contributed by atoms with E-state index in [1.54, 1.807) is 13.1 Å². The van der Waals surface area contributed by atoms with Crippen LogP contribution in [0.25, 0.3) is 11.3 Å².